The number of piperidine rings is 1. The zero-order valence-corrected chi connectivity index (χ0v) is 18.9. The monoisotopic (exact) mass is 460 g/mol. The number of carbonyl (C=O) groups is 1. The molecule has 2 atom stereocenters. The van der Waals surface area contributed by atoms with Gasteiger partial charge in [0.05, 0.1) is 37.1 Å². The first kappa shape index (κ1) is 22.4. The Balaban J connectivity index is 1.27. The number of nitrogens with zero attached hydrogens (tertiary/aromatic N) is 2. The molecule has 1 aromatic heterocycles. The number of hydrogen-bond acceptors (Lipinski definition) is 6. The fraction of sp³-hybridized carbons (Fsp3) is 0.333. The largest absolute Gasteiger partial charge is 0.487 e. The average molecular weight is 461 g/mol. The number of aliphatic hydroxyl groups is 1. The van der Waals surface area contributed by atoms with Gasteiger partial charge in [-0.25, -0.2) is 4.79 Å². The summed E-state index contributed by atoms with van der Waals surface area (Å²) < 4.78 is 17.2. The van der Waals surface area contributed by atoms with Crippen LogP contribution in [0.3, 0.4) is 0 Å². The summed E-state index contributed by atoms with van der Waals surface area (Å²) in [5, 5.41) is 11.6. The smallest absolute Gasteiger partial charge is 0.410 e. The molecule has 176 valence electrons. The lowest BCUT2D eigenvalue weighted by Crippen LogP contribution is -2.62. The molecule has 0 radical (unpaired) electrons. The number of rotatable bonds is 6. The number of morpholine rings is 1. The fourth-order valence-corrected chi connectivity index (χ4v) is 4.80. The van der Waals surface area contributed by atoms with Gasteiger partial charge in [-0.1, -0.05) is 60.7 Å². The standard InChI is InChI=1S/C27H28N2O5/c30-26(34-17-21-9-5-2-6-10-21)29-23-12-27(31,13-24(29)19-32-18-23)22-11-25(15-28-14-22)33-16-20-7-3-1-4-8-20/h1-11,14-15,23-24,31H,12-13,16-19H2. The van der Waals surface area contributed by atoms with Crippen molar-refractivity contribution in [3.8, 4) is 5.75 Å². The number of fused-ring (bicyclic) bond motifs is 2. The number of benzene rings is 2. The summed E-state index contributed by atoms with van der Waals surface area (Å²) >= 11 is 0. The maximum absolute atomic E-state index is 12.9. The average Bonchev–Trinajstić information content (AvgIpc) is 2.87. The molecule has 2 unspecified atom stereocenters. The highest BCUT2D eigenvalue weighted by Gasteiger charge is 2.49. The van der Waals surface area contributed by atoms with Crippen LogP contribution in [0.5, 0.6) is 5.75 Å². The minimum atomic E-state index is -1.13. The Morgan fingerprint density at radius 3 is 2.24 bits per heavy atom. The number of aromatic nitrogens is 1. The normalized spacial score (nSPS) is 23.9. The Hall–Kier alpha value is -3.42. The molecule has 2 aliphatic rings. The van der Waals surface area contributed by atoms with Crippen LogP contribution >= 0.6 is 0 Å². The first-order valence-electron chi connectivity index (χ1n) is 11.5. The van der Waals surface area contributed by atoms with Gasteiger partial charge in [0.15, 0.2) is 0 Å². The van der Waals surface area contributed by atoms with Crippen LogP contribution in [0.15, 0.2) is 79.1 Å². The van der Waals surface area contributed by atoms with Crippen molar-refractivity contribution in [3.63, 3.8) is 0 Å². The van der Waals surface area contributed by atoms with Crippen LogP contribution in [0.2, 0.25) is 0 Å². The summed E-state index contributed by atoms with van der Waals surface area (Å²) in [5.41, 5.74) is 1.55. The molecule has 3 heterocycles. The molecular weight excluding hydrogens is 432 g/mol. The molecule has 7 heteroatoms. The second-order valence-electron chi connectivity index (χ2n) is 8.92. The van der Waals surface area contributed by atoms with Gasteiger partial charge in [0.1, 0.15) is 19.0 Å². The molecule has 2 bridgehead atoms. The van der Waals surface area contributed by atoms with Crippen LogP contribution in [0.1, 0.15) is 29.5 Å². The quantitative estimate of drug-likeness (QED) is 0.598. The molecule has 2 saturated heterocycles. The summed E-state index contributed by atoms with van der Waals surface area (Å²) in [6, 6.07) is 20.8. The second kappa shape index (κ2) is 9.83. The van der Waals surface area contributed by atoms with Gasteiger partial charge in [-0.2, -0.15) is 0 Å². The van der Waals surface area contributed by atoms with Crippen LogP contribution in [-0.4, -0.2) is 46.4 Å². The molecular formula is C27H28N2O5. The predicted octanol–water partition coefficient (Wildman–Crippen LogP) is 4.05. The van der Waals surface area contributed by atoms with Crippen molar-refractivity contribution in [2.45, 2.75) is 43.7 Å². The molecule has 5 rings (SSSR count). The summed E-state index contributed by atoms with van der Waals surface area (Å²) in [6.45, 7) is 1.35. The molecule has 7 nitrogen and oxygen atoms in total. The van der Waals surface area contributed by atoms with E-state index in [0.29, 0.717) is 44.0 Å². The lowest BCUT2D eigenvalue weighted by atomic mass is 9.77. The number of carbonyl (C=O) groups excluding carboxylic acids is 1. The molecule has 3 aromatic rings. The van der Waals surface area contributed by atoms with Crippen molar-refractivity contribution in [2.75, 3.05) is 13.2 Å². The zero-order chi connectivity index (χ0) is 23.4. The van der Waals surface area contributed by atoms with E-state index < -0.39 is 5.60 Å². The lowest BCUT2D eigenvalue weighted by Gasteiger charge is -2.50. The lowest BCUT2D eigenvalue weighted by molar-refractivity contribution is -0.137. The molecule has 1 amide bonds. The topological polar surface area (TPSA) is 81.1 Å². The molecule has 2 fully saturated rings. The third-order valence-corrected chi connectivity index (χ3v) is 6.47. The number of pyridine rings is 1. The second-order valence-corrected chi connectivity index (χ2v) is 8.92. The van der Waals surface area contributed by atoms with Crippen LogP contribution in [0, 0.1) is 0 Å². The SMILES string of the molecule is O=C(OCc1ccccc1)N1C2COCC1CC(O)(c1cncc(OCc3ccccc3)c1)C2. The highest BCUT2D eigenvalue weighted by atomic mass is 16.6. The molecule has 2 aromatic carbocycles. The fourth-order valence-electron chi connectivity index (χ4n) is 4.80. The highest BCUT2D eigenvalue weighted by molar-refractivity contribution is 5.69. The molecule has 0 spiro atoms. The van der Waals surface area contributed by atoms with E-state index in [2.05, 4.69) is 4.98 Å². The van der Waals surface area contributed by atoms with E-state index in [-0.39, 0.29) is 24.8 Å². The number of amides is 1. The summed E-state index contributed by atoms with van der Waals surface area (Å²) in [6.07, 6.45) is 3.63. The summed E-state index contributed by atoms with van der Waals surface area (Å²) in [7, 11) is 0. The third kappa shape index (κ3) is 4.90. The number of ether oxygens (including phenoxy) is 3. The van der Waals surface area contributed by atoms with Crippen molar-refractivity contribution in [1.29, 1.82) is 0 Å². The van der Waals surface area contributed by atoms with Crippen molar-refractivity contribution >= 4 is 6.09 Å². The van der Waals surface area contributed by atoms with Crippen LogP contribution < -0.4 is 4.74 Å². The maximum atomic E-state index is 12.9. The molecule has 0 aliphatic carbocycles. The predicted molar refractivity (Wildman–Crippen MR) is 125 cm³/mol. The van der Waals surface area contributed by atoms with E-state index in [1.165, 1.54) is 0 Å². The van der Waals surface area contributed by atoms with E-state index in [0.717, 1.165) is 11.1 Å². The molecule has 0 saturated carbocycles. The third-order valence-electron chi connectivity index (χ3n) is 6.47. The van der Waals surface area contributed by atoms with Gasteiger partial charge in [0.25, 0.3) is 0 Å². The number of hydrogen-bond donors (Lipinski definition) is 1. The van der Waals surface area contributed by atoms with E-state index in [4.69, 9.17) is 14.2 Å². The van der Waals surface area contributed by atoms with Crippen molar-refractivity contribution < 1.29 is 24.1 Å². The molecule has 1 N–H and O–H groups in total. The minimum absolute atomic E-state index is 0.214. The van der Waals surface area contributed by atoms with E-state index in [1.54, 1.807) is 17.3 Å². The Bertz CT molecular complexity index is 1090. The minimum Gasteiger partial charge on any atom is -0.487 e. The van der Waals surface area contributed by atoms with Gasteiger partial charge < -0.3 is 19.3 Å². The van der Waals surface area contributed by atoms with Crippen LogP contribution in [0.4, 0.5) is 4.79 Å². The van der Waals surface area contributed by atoms with Crippen LogP contribution in [-0.2, 0) is 28.3 Å². The van der Waals surface area contributed by atoms with Crippen molar-refractivity contribution in [2.24, 2.45) is 0 Å². The Morgan fingerprint density at radius 1 is 0.971 bits per heavy atom. The Morgan fingerprint density at radius 2 is 1.59 bits per heavy atom. The Kier molecular flexibility index (Phi) is 6.47. The van der Waals surface area contributed by atoms with Crippen LogP contribution in [0.25, 0.3) is 0 Å². The van der Waals surface area contributed by atoms with E-state index >= 15 is 0 Å². The highest BCUT2D eigenvalue weighted by Crippen LogP contribution is 2.41. The maximum Gasteiger partial charge on any atom is 0.410 e. The Labute approximate surface area is 198 Å². The first-order valence-corrected chi connectivity index (χ1v) is 11.5. The first-order chi connectivity index (χ1) is 16.6. The van der Waals surface area contributed by atoms with Gasteiger partial charge in [0.2, 0.25) is 0 Å². The van der Waals surface area contributed by atoms with Crippen molar-refractivity contribution in [3.05, 3.63) is 95.8 Å². The van der Waals surface area contributed by atoms with Gasteiger partial charge in [-0.15, -0.1) is 0 Å². The zero-order valence-electron chi connectivity index (χ0n) is 18.9. The molecule has 34 heavy (non-hydrogen) atoms. The van der Waals surface area contributed by atoms with Gasteiger partial charge in [0, 0.05) is 24.6 Å². The summed E-state index contributed by atoms with van der Waals surface area (Å²) in [4.78, 5) is 19.0. The van der Waals surface area contributed by atoms with Gasteiger partial charge in [-0.3, -0.25) is 9.88 Å². The molecule has 2 aliphatic heterocycles. The van der Waals surface area contributed by atoms with Gasteiger partial charge in [-0.05, 0) is 17.2 Å². The van der Waals surface area contributed by atoms with E-state index in [9.17, 15) is 9.90 Å². The van der Waals surface area contributed by atoms with Gasteiger partial charge >= 0.3 is 6.09 Å². The summed E-state index contributed by atoms with van der Waals surface area (Å²) in [5.74, 6) is 0.598. The van der Waals surface area contributed by atoms with Crippen molar-refractivity contribution in [1.82, 2.24) is 9.88 Å². The van der Waals surface area contributed by atoms with E-state index in [1.807, 2.05) is 66.7 Å².